The van der Waals surface area contributed by atoms with Gasteiger partial charge in [0.25, 0.3) is 0 Å². The van der Waals surface area contributed by atoms with E-state index in [0.717, 1.165) is 20.1 Å². The Bertz CT molecular complexity index is 641. The number of hydrogen-bond donors (Lipinski definition) is 0. The Kier molecular flexibility index (Phi) is 6.27. The highest BCUT2D eigenvalue weighted by Gasteiger charge is 2.18. The fourth-order valence-corrected chi connectivity index (χ4v) is 4.09. The molecule has 112 valence electrons. The summed E-state index contributed by atoms with van der Waals surface area (Å²) in [7, 11) is 0. The van der Waals surface area contributed by atoms with Gasteiger partial charge in [-0.3, -0.25) is 0 Å². The Morgan fingerprint density at radius 3 is 2.19 bits per heavy atom. The number of benzene rings is 2. The van der Waals surface area contributed by atoms with Gasteiger partial charge in [-0.2, -0.15) is 0 Å². The molecule has 0 aliphatic heterocycles. The molecule has 6 heteroatoms. The molecule has 0 saturated heterocycles. The third-order valence-corrected chi connectivity index (χ3v) is 4.83. The van der Waals surface area contributed by atoms with Crippen LogP contribution < -0.4 is 4.74 Å². The van der Waals surface area contributed by atoms with Crippen LogP contribution in [0, 0.1) is 0 Å². The summed E-state index contributed by atoms with van der Waals surface area (Å²) >= 11 is 26.0. The Hall–Kier alpha value is 0.0700. The van der Waals surface area contributed by atoms with Crippen LogP contribution in [-0.2, 0) is 0 Å². The first kappa shape index (κ1) is 17.4. The molecular weight excluding hydrogens is 462 g/mol. The summed E-state index contributed by atoms with van der Waals surface area (Å²) in [5.41, 5.74) is 1.66. The summed E-state index contributed by atoms with van der Waals surface area (Å²) in [5, 5.41) is 0.620. The predicted molar refractivity (Wildman–Crippen MR) is 97.2 cm³/mol. The molecule has 0 aliphatic carbocycles. The van der Waals surface area contributed by atoms with Crippen molar-refractivity contribution in [1.82, 2.24) is 0 Å². The van der Waals surface area contributed by atoms with E-state index < -0.39 is 5.38 Å². The minimum absolute atomic E-state index is 0.403. The number of hydrogen-bond acceptors (Lipinski definition) is 1. The molecule has 0 spiro atoms. The highest BCUT2D eigenvalue weighted by atomic mass is 79.9. The van der Waals surface area contributed by atoms with Crippen molar-refractivity contribution in [3.63, 3.8) is 0 Å². The minimum Gasteiger partial charge on any atom is -0.492 e. The molecule has 0 N–H and O–H groups in total. The molecule has 0 bridgehead atoms. The first-order valence-electron chi connectivity index (χ1n) is 6.14. The Morgan fingerprint density at radius 1 is 1.00 bits per heavy atom. The normalized spacial score (nSPS) is 12.3. The van der Waals surface area contributed by atoms with Crippen molar-refractivity contribution in [2.75, 3.05) is 6.61 Å². The van der Waals surface area contributed by atoms with E-state index in [1.165, 1.54) is 0 Å². The van der Waals surface area contributed by atoms with Crippen LogP contribution in [0.5, 0.6) is 5.75 Å². The van der Waals surface area contributed by atoms with Crippen molar-refractivity contribution in [2.24, 2.45) is 0 Å². The quantitative estimate of drug-likeness (QED) is 0.425. The molecule has 0 fully saturated rings. The fourth-order valence-electron chi connectivity index (χ4n) is 1.91. The highest BCUT2D eigenvalue weighted by Crippen LogP contribution is 2.40. The van der Waals surface area contributed by atoms with Crippen LogP contribution in [0.4, 0.5) is 0 Å². The first-order valence-corrected chi connectivity index (χ1v) is 8.92. The third kappa shape index (κ3) is 4.29. The molecule has 0 radical (unpaired) electrons. The van der Waals surface area contributed by atoms with Crippen LogP contribution in [0.25, 0.3) is 0 Å². The maximum Gasteiger partial charge on any atom is 0.139 e. The molecule has 0 aliphatic rings. The van der Waals surface area contributed by atoms with Crippen LogP contribution in [0.1, 0.15) is 23.4 Å². The molecule has 2 rings (SSSR count). The summed E-state index contributed by atoms with van der Waals surface area (Å²) in [6.07, 6.45) is 0. The van der Waals surface area contributed by atoms with Crippen molar-refractivity contribution in [2.45, 2.75) is 12.3 Å². The van der Waals surface area contributed by atoms with Gasteiger partial charge in [0.1, 0.15) is 5.75 Å². The van der Waals surface area contributed by atoms with Gasteiger partial charge >= 0.3 is 0 Å². The summed E-state index contributed by atoms with van der Waals surface area (Å²) in [5.74, 6) is 0.562. The Labute approximate surface area is 155 Å². The second-order valence-corrected chi connectivity index (χ2v) is 7.38. The van der Waals surface area contributed by atoms with Gasteiger partial charge in [0.15, 0.2) is 0 Å². The van der Waals surface area contributed by atoms with E-state index in [2.05, 4.69) is 31.9 Å². The van der Waals surface area contributed by atoms with Crippen LogP contribution >= 0.6 is 66.7 Å². The topological polar surface area (TPSA) is 9.23 Å². The van der Waals surface area contributed by atoms with E-state index in [-0.39, 0.29) is 0 Å². The van der Waals surface area contributed by atoms with Crippen LogP contribution in [0.15, 0.2) is 39.3 Å². The van der Waals surface area contributed by atoms with Crippen molar-refractivity contribution in [3.05, 3.63) is 60.4 Å². The summed E-state index contributed by atoms with van der Waals surface area (Å²) in [4.78, 5) is 0. The lowest BCUT2D eigenvalue weighted by Gasteiger charge is -2.15. The van der Waals surface area contributed by atoms with Gasteiger partial charge in [-0.25, -0.2) is 0 Å². The van der Waals surface area contributed by atoms with Gasteiger partial charge in [-0.1, -0.05) is 55.1 Å². The lowest BCUT2D eigenvalue weighted by atomic mass is 10.0. The standard InChI is InChI=1S/C15H11Br2Cl3O/c1-2-21-14-7-12(18)11(6-13(14)19)15(20)8-3-9(16)5-10(17)4-8/h3-7,15H,2H2,1H3. The zero-order valence-electron chi connectivity index (χ0n) is 11.0. The second-order valence-electron chi connectivity index (χ2n) is 4.30. The lowest BCUT2D eigenvalue weighted by molar-refractivity contribution is 0.340. The van der Waals surface area contributed by atoms with Crippen LogP contribution in [0.3, 0.4) is 0 Å². The van der Waals surface area contributed by atoms with Crippen LogP contribution in [-0.4, -0.2) is 6.61 Å². The number of ether oxygens (including phenoxy) is 1. The molecule has 21 heavy (non-hydrogen) atoms. The van der Waals surface area contributed by atoms with Crippen molar-refractivity contribution in [3.8, 4) is 5.75 Å². The summed E-state index contributed by atoms with van der Waals surface area (Å²) in [6.45, 7) is 2.42. The molecule has 1 nitrogen and oxygen atoms in total. The molecule has 2 aromatic carbocycles. The molecule has 1 atom stereocenters. The molecule has 0 heterocycles. The largest absolute Gasteiger partial charge is 0.492 e. The average molecular weight is 473 g/mol. The van der Waals surface area contributed by atoms with Crippen molar-refractivity contribution in [1.29, 1.82) is 0 Å². The van der Waals surface area contributed by atoms with Crippen molar-refractivity contribution >= 4 is 66.7 Å². The maximum atomic E-state index is 6.56. The molecule has 1 unspecified atom stereocenters. The van der Waals surface area contributed by atoms with Gasteiger partial charge in [-0.15, -0.1) is 11.6 Å². The van der Waals surface area contributed by atoms with E-state index in [0.29, 0.717) is 22.4 Å². The van der Waals surface area contributed by atoms with E-state index >= 15 is 0 Å². The van der Waals surface area contributed by atoms with Gasteiger partial charge < -0.3 is 4.74 Å². The Balaban J connectivity index is 2.43. The highest BCUT2D eigenvalue weighted by molar-refractivity contribution is 9.11. The fraction of sp³-hybridized carbons (Fsp3) is 0.200. The molecule has 2 aromatic rings. The van der Waals surface area contributed by atoms with E-state index in [1.807, 2.05) is 25.1 Å². The number of halogens is 5. The smallest absolute Gasteiger partial charge is 0.139 e. The average Bonchev–Trinajstić information content (AvgIpc) is 2.41. The minimum atomic E-state index is -0.403. The van der Waals surface area contributed by atoms with Crippen molar-refractivity contribution < 1.29 is 4.74 Å². The SMILES string of the molecule is CCOc1cc(Cl)c(C(Cl)c2cc(Br)cc(Br)c2)cc1Cl. The van der Waals surface area contributed by atoms with Gasteiger partial charge in [0, 0.05) is 20.0 Å². The lowest BCUT2D eigenvalue weighted by Crippen LogP contribution is -1.98. The molecule has 0 aromatic heterocycles. The van der Waals surface area contributed by atoms with E-state index in [1.54, 1.807) is 12.1 Å². The molecule has 0 saturated carbocycles. The third-order valence-electron chi connectivity index (χ3n) is 2.80. The van der Waals surface area contributed by atoms with Crippen LogP contribution in [0.2, 0.25) is 10.0 Å². The van der Waals surface area contributed by atoms with Gasteiger partial charge in [-0.05, 0) is 42.3 Å². The van der Waals surface area contributed by atoms with Gasteiger partial charge in [0.2, 0.25) is 0 Å². The second kappa shape index (κ2) is 7.56. The van der Waals surface area contributed by atoms with Gasteiger partial charge in [0.05, 0.1) is 17.0 Å². The summed E-state index contributed by atoms with van der Waals surface area (Å²) in [6, 6.07) is 9.29. The monoisotopic (exact) mass is 470 g/mol. The Morgan fingerprint density at radius 2 is 1.62 bits per heavy atom. The first-order chi connectivity index (χ1) is 9.92. The molecular formula is C15H11Br2Cl3O. The zero-order valence-corrected chi connectivity index (χ0v) is 16.4. The van der Waals surface area contributed by atoms with E-state index in [9.17, 15) is 0 Å². The maximum absolute atomic E-state index is 6.56. The molecule has 0 amide bonds. The van der Waals surface area contributed by atoms with E-state index in [4.69, 9.17) is 39.5 Å². The number of rotatable bonds is 4. The number of alkyl halides is 1. The predicted octanol–water partition coefficient (Wildman–Crippen LogP) is 7.25. The zero-order chi connectivity index (χ0) is 15.6. The summed E-state index contributed by atoms with van der Waals surface area (Å²) < 4.78 is 7.29.